The van der Waals surface area contributed by atoms with Gasteiger partial charge in [0.15, 0.2) is 6.20 Å². The fraction of sp³-hybridized carbons (Fsp3) is 0.892. The Labute approximate surface area is 294 Å². The second-order valence-electron chi connectivity index (χ2n) is 13.7. The lowest BCUT2D eigenvalue weighted by molar-refractivity contribution is -0.692. The molecule has 10 heteroatoms. The van der Waals surface area contributed by atoms with E-state index >= 15 is 0 Å². The van der Waals surface area contributed by atoms with Crippen LogP contribution in [0.4, 0.5) is 4.79 Å². The van der Waals surface area contributed by atoms with Gasteiger partial charge in [0.1, 0.15) is 13.2 Å². The molecule has 1 heterocycles. The predicted molar refractivity (Wildman–Crippen MR) is 196 cm³/mol. The number of aromatic nitrogens is 1. The largest absolute Gasteiger partial charge is 0.748 e. The molecule has 1 unspecified atom stereocenters. The molecule has 0 bridgehead atoms. The van der Waals surface area contributed by atoms with Gasteiger partial charge in [-0.15, -0.1) is 0 Å². The Morgan fingerprint density at radius 3 is 1.72 bits per heavy atom. The van der Waals surface area contributed by atoms with Crippen LogP contribution in [0.2, 0.25) is 0 Å². The molecule has 0 aliphatic heterocycles. The maximum atomic E-state index is 12.5. The molecule has 0 aliphatic carbocycles. The Bertz CT molecular complexity index is 921. The highest BCUT2D eigenvalue weighted by atomic mass is 32.2. The highest BCUT2D eigenvalue weighted by Gasteiger charge is 2.25. The summed E-state index contributed by atoms with van der Waals surface area (Å²) in [7, 11) is -2.05. The third kappa shape index (κ3) is 33.1. The molecule has 47 heavy (non-hydrogen) atoms. The maximum absolute atomic E-state index is 12.5. The van der Waals surface area contributed by atoms with E-state index in [0.717, 1.165) is 39.0 Å². The average Bonchev–Trinajstić information content (AvgIpc) is 3.55. The Kier molecular flexibility index (Phi) is 30.0. The highest BCUT2D eigenvalue weighted by Crippen LogP contribution is 2.23. The van der Waals surface area contributed by atoms with E-state index in [0.29, 0.717) is 19.5 Å². The van der Waals surface area contributed by atoms with Gasteiger partial charge in [-0.05, 0) is 25.7 Å². The molecule has 1 amide bonds. The van der Waals surface area contributed by atoms with Crippen LogP contribution in [-0.4, -0.2) is 63.6 Å². The van der Waals surface area contributed by atoms with Crippen molar-refractivity contribution in [3.05, 3.63) is 17.1 Å². The summed E-state index contributed by atoms with van der Waals surface area (Å²) in [6, 6.07) is 0. The number of unbranched alkanes of at least 4 members (excludes halogenated alkanes) is 19. The Balaban J connectivity index is 0.00000391. The molecule has 1 aromatic heterocycles. The number of carbonyl (C=O) groups excluding carboxylic acids is 1. The lowest BCUT2D eigenvalue weighted by Crippen LogP contribution is -2.34. The van der Waals surface area contributed by atoms with Gasteiger partial charge >= 0.3 is 6.09 Å². The molecule has 278 valence electrons. The quantitative estimate of drug-likeness (QED) is 0.0449. The van der Waals surface area contributed by atoms with Crippen molar-refractivity contribution in [3.8, 4) is 0 Å². The van der Waals surface area contributed by atoms with Crippen molar-refractivity contribution in [1.29, 1.82) is 0 Å². The van der Waals surface area contributed by atoms with Crippen LogP contribution < -0.4 is 4.57 Å². The molecular formula is C37H72N2O6S2. The van der Waals surface area contributed by atoms with Gasteiger partial charge in [-0.1, -0.05) is 141 Å². The molecule has 0 fully saturated rings. The standard InChI is InChI=1S/C36H69N2O3S.CH4O3S/c1-5-7-8-9-10-11-12-13-14-15-16-17-18-19-21-24-27-37(4)35(39)41-33-36(3,6-2)32-40-30-26-23-20-22-25-28-38-29-31-42-34-38;1-5(2,3)4/h29,31,34H,5-28,30,32-33H2,1-4H3;1H3,(H,2,3,4)/q+1;/p-1. The molecule has 0 radical (unpaired) electrons. The molecule has 0 N–H and O–H groups in total. The summed E-state index contributed by atoms with van der Waals surface area (Å²) >= 11 is 1.75. The van der Waals surface area contributed by atoms with Crippen molar-refractivity contribution < 1.29 is 31.8 Å². The van der Waals surface area contributed by atoms with Crippen molar-refractivity contribution in [2.24, 2.45) is 5.41 Å². The van der Waals surface area contributed by atoms with Crippen molar-refractivity contribution in [3.63, 3.8) is 0 Å². The number of amides is 1. The minimum atomic E-state index is -3.92. The van der Waals surface area contributed by atoms with Gasteiger partial charge in [0.2, 0.25) is 5.51 Å². The summed E-state index contributed by atoms with van der Waals surface area (Å²) in [5.41, 5.74) is 2.05. The van der Waals surface area contributed by atoms with Crippen LogP contribution in [0.25, 0.3) is 0 Å². The monoisotopic (exact) mass is 704 g/mol. The van der Waals surface area contributed by atoms with Crippen LogP contribution in [0.3, 0.4) is 0 Å². The Hall–Kier alpha value is -1.23. The van der Waals surface area contributed by atoms with E-state index in [1.54, 1.807) is 16.2 Å². The van der Waals surface area contributed by atoms with Crippen LogP contribution in [0.5, 0.6) is 0 Å². The summed E-state index contributed by atoms with van der Waals surface area (Å²) in [6.07, 6.45) is 31.4. The number of thiazole rings is 1. The van der Waals surface area contributed by atoms with E-state index in [1.165, 1.54) is 122 Å². The SMILES string of the molecule is CCCCCCCCCCCCCCCCCCN(C)C(=O)OCC(C)(CC)COCCCCCCC[n+]1ccsc1.CS(=O)(=O)[O-]. The number of carbonyl (C=O) groups is 1. The first-order chi connectivity index (χ1) is 22.5. The zero-order chi connectivity index (χ0) is 35.1. The van der Waals surface area contributed by atoms with E-state index in [-0.39, 0.29) is 11.5 Å². The Morgan fingerprint density at radius 2 is 1.26 bits per heavy atom. The third-order valence-electron chi connectivity index (χ3n) is 8.74. The maximum Gasteiger partial charge on any atom is 0.409 e. The molecule has 0 saturated heterocycles. The van der Waals surface area contributed by atoms with Crippen LogP contribution >= 0.6 is 11.3 Å². The van der Waals surface area contributed by atoms with E-state index in [4.69, 9.17) is 22.4 Å². The van der Waals surface area contributed by atoms with Gasteiger partial charge in [0.25, 0.3) is 0 Å². The topological polar surface area (TPSA) is 99.9 Å². The molecule has 0 saturated carbocycles. The minimum Gasteiger partial charge on any atom is -0.748 e. The van der Waals surface area contributed by atoms with Crippen molar-refractivity contribution in [2.45, 2.75) is 169 Å². The first-order valence-electron chi connectivity index (χ1n) is 18.8. The van der Waals surface area contributed by atoms with Crippen LogP contribution in [0.1, 0.15) is 162 Å². The normalized spacial score (nSPS) is 12.7. The molecule has 1 aromatic rings. The van der Waals surface area contributed by atoms with Gasteiger partial charge in [0.05, 0.1) is 22.1 Å². The fourth-order valence-electron chi connectivity index (χ4n) is 5.32. The molecule has 1 rings (SSSR count). The smallest absolute Gasteiger partial charge is 0.409 e. The second kappa shape index (κ2) is 30.8. The third-order valence-corrected chi connectivity index (χ3v) is 9.41. The first-order valence-corrected chi connectivity index (χ1v) is 21.5. The van der Waals surface area contributed by atoms with Crippen LogP contribution in [-0.2, 0) is 26.1 Å². The highest BCUT2D eigenvalue weighted by molar-refractivity contribution is 7.84. The number of hydrogen-bond donors (Lipinski definition) is 0. The van der Waals surface area contributed by atoms with Crippen molar-refractivity contribution in [1.82, 2.24) is 4.90 Å². The summed E-state index contributed by atoms with van der Waals surface area (Å²) < 4.78 is 41.2. The number of hydrogen-bond acceptors (Lipinski definition) is 7. The van der Waals surface area contributed by atoms with Crippen LogP contribution in [0, 0.1) is 5.41 Å². The summed E-state index contributed by atoms with van der Waals surface area (Å²) in [4.78, 5) is 14.3. The molecule has 0 aromatic carbocycles. The van der Waals surface area contributed by atoms with Gasteiger partial charge in [0, 0.05) is 38.3 Å². The van der Waals surface area contributed by atoms with Gasteiger partial charge in [-0.2, -0.15) is 4.57 Å². The van der Waals surface area contributed by atoms with Gasteiger partial charge < -0.3 is 18.9 Å². The van der Waals surface area contributed by atoms with E-state index in [9.17, 15) is 4.79 Å². The molecule has 1 atom stereocenters. The van der Waals surface area contributed by atoms with E-state index < -0.39 is 10.1 Å². The molecule has 0 aliphatic rings. The number of ether oxygens (including phenoxy) is 2. The summed E-state index contributed by atoms with van der Waals surface area (Å²) in [5.74, 6) is 0. The van der Waals surface area contributed by atoms with Crippen molar-refractivity contribution in [2.75, 3.05) is 39.7 Å². The number of rotatable bonds is 30. The van der Waals surface area contributed by atoms with E-state index in [2.05, 4.69) is 42.4 Å². The zero-order valence-corrected chi connectivity index (χ0v) is 32.6. The molecular weight excluding hydrogens is 633 g/mol. The lowest BCUT2D eigenvalue weighted by atomic mass is 9.90. The molecule has 8 nitrogen and oxygen atoms in total. The summed E-state index contributed by atoms with van der Waals surface area (Å²) in [6.45, 7) is 10.4. The minimum absolute atomic E-state index is 0.123. The van der Waals surface area contributed by atoms with Gasteiger partial charge in [-0.25, -0.2) is 13.2 Å². The van der Waals surface area contributed by atoms with E-state index in [1.807, 2.05) is 7.05 Å². The fourth-order valence-corrected chi connectivity index (χ4v) is 5.95. The first kappa shape index (κ1) is 45.8. The average molecular weight is 705 g/mol. The zero-order valence-electron chi connectivity index (χ0n) is 31.0. The molecule has 0 spiro atoms. The second-order valence-corrected chi connectivity index (χ2v) is 15.9. The van der Waals surface area contributed by atoms with Gasteiger partial charge in [-0.3, -0.25) is 0 Å². The number of nitrogens with zero attached hydrogens (tertiary/aromatic N) is 2. The van der Waals surface area contributed by atoms with Crippen molar-refractivity contribution >= 4 is 27.5 Å². The number of aryl methyl sites for hydroxylation is 1. The summed E-state index contributed by atoms with van der Waals surface area (Å²) in [5, 5.41) is 2.13. The van der Waals surface area contributed by atoms with Crippen LogP contribution in [0.15, 0.2) is 17.1 Å². The predicted octanol–water partition coefficient (Wildman–Crippen LogP) is 9.91. The lowest BCUT2D eigenvalue weighted by Gasteiger charge is -2.28. The Morgan fingerprint density at radius 1 is 0.787 bits per heavy atom.